The second-order valence-corrected chi connectivity index (χ2v) is 7.56. The van der Waals surface area contributed by atoms with Crippen LogP contribution in [0.15, 0.2) is 52.8 Å². The third-order valence-corrected chi connectivity index (χ3v) is 5.21. The Balaban J connectivity index is 1.49. The molecule has 1 saturated heterocycles. The second kappa shape index (κ2) is 7.46. The molecule has 8 nitrogen and oxygen atoms in total. The molecule has 2 aliphatic heterocycles. The van der Waals surface area contributed by atoms with Crippen molar-refractivity contribution in [2.45, 2.75) is 19.0 Å². The van der Waals surface area contributed by atoms with Crippen molar-refractivity contribution in [2.24, 2.45) is 10.3 Å². The van der Waals surface area contributed by atoms with Gasteiger partial charge in [-0.1, -0.05) is 34.5 Å². The molecule has 0 saturated carbocycles. The Labute approximate surface area is 176 Å². The number of aryl methyl sites for hydroxylation is 1. The van der Waals surface area contributed by atoms with Crippen LogP contribution in [0.25, 0.3) is 0 Å². The van der Waals surface area contributed by atoms with Gasteiger partial charge in [0.2, 0.25) is 5.91 Å². The van der Waals surface area contributed by atoms with Crippen LogP contribution in [0.2, 0.25) is 10.0 Å². The highest BCUT2D eigenvalue weighted by atomic mass is 35.5. The second-order valence-electron chi connectivity index (χ2n) is 6.69. The first-order valence-corrected chi connectivity index (χ1v) is 9.47. The standard InChI is InChI=1S/C19H15Cl2N5O3/c1-10-2-3-12(21)8-14(10)22-15(27)9-25-17-16(23-24-25)18(28)26(19(17)29)13-6-4-11(20)5-7-13/h2-8,16-17H,9H2,1H3,(H,22,27)/t16-,17+/m1/s1. The molecule has 3 amide bonds. The molecule has 2 aliphatic rings. The monoisotopic (exact) mass is 431 g/mol. The van der Waals surface area contributed by atoms with Crippen molar-refractivity contribution in [3.05, 3.63) is 58.1 Å². The highest BCUT2D eigenvalue weighted by molar-refractivity contribution is 6.31. The lowest BCUT2D eigenvalue weighted by atomic mass is 10.1. The highest BCUT2D eigenvalue weighted by Gasteiger charge is 2.55. The van der Waals surface area contributed by atoms with Crippen molar-refractivity contribution in [1.29, 1.82) is 0 Å². The van der Waals surface area contributed by atoms with Gasteiger partial charge in [0.15, 0.2) is 12.1 Å². The minimum Gasteiger partial charge on any atom is -0.324 e. The van der Waals surface area contributed by atoms with E-state index in [1.54, 1.807) is 42.5 Å². The van der Waals surface area contributed by atoms with Gasteiger partial charge in [0.1, 0.15) is 6.54 Å². The number of hydrogen-bond donors (Lipinski definition) is 1. The quantitative estimate of drug-likeness (QED) is 0.751. The summed E-state index contributed by atoms with van der Waals surface area (Å²) >= 11 is 11.8. The molecule has 0 spiro atoms. The summed E-state index contributed by atoms with van der Waals surface area (Å²) in [4.78, 5) is 39.1. The Kier molecular flexibility index (Phi) is 4.97. The van der Waals surface area contributed by atoms with Crippen LogP contribution in [0, 0.1) is 6.92 Å². The van der Waals surface area contributed by atoms with Gasteiger partial charge < -0.3 is 5.32 Å². The zero-order valence-electron chi connectivity index (χ0n) is 15.2. The zero-order chi connectivity index (χ0) is 20.7. The number of rotatable bonds is 4. The molecule has 2 atom stereocenters. The number of fused-ring (bicyclic) bond motifs is 1. The Hall–Kier alpha value is -2.97. The van der Waals surface area contributed by atoms with E-state index in [2.05, 4.69) is 15.7 Å². The normalized spacial score (nSPS) is 20.4. The van der Waals surface area contributed by atoms with Crippen LogP contribution in [-0.4, -0.2) is 41.4 Å². The molecule has 2 aromatic rings. The van der Waals surface area contributed by atoms with E-state index >= 15 is 0 Å². The maximum atomic E-state index is 12.9. The first-order valence-electron chi connectivity index (χ1n) is 8.72. The summed E-state index contributed by atoms with van der Waals surface area (Å²) in [5.74, 6) is -1.38. The Bertz CT molecular complexity index is 1040. The molecular formula is C19H15Cl2N5O3. The molecule has 10 heteroatoms. The molecule has 0 aliphatic carbocycles. The van der Waals surface area contributed by atoms with Crippen LogP contribution >= 0.6 is 23.2 Å². The molecule has 29 heavy (non-hydrogen) atoms. The molecule has 0 radical (unpaired) electrons. The lowest BCUT2D eigenvalue weighted by molar-refractivity contribution is -0.123. The van der Waals surface area contributed by atoms with Crippen molar-refractivity contribution in [3.8, 4) is 0 Å². The first-order chi connectivity index (χ1) is 13.8. The van der Waals surface area contributed by atoms with Crippen molar-refractivity contribution in [3.63, 3.8) is 0 Å². The zero-order valence-corrected chi connectivity index (χ0v) is 16.7. The fourth-order valence-electron chi connectivity index (χ4n) is 3.26. The van der Waals surface area contributed by atoms with Crippen LogP contribution in [-0.2, 0) is 14.4 Å². The minimum atomic E-state index is -0.973. The van der Waals surface area contributed by atoms with E-state index in [1.165, 1.54) is 5.01 Å². The van der Waals surface area contributed by atoms with Gasteiger partial charge in [-0.3, -0.25) is 19.4 Å². The predicted molar refractivity (Wildman–Crippen MR) is 108 cm³/mol. The molecule has 1 fully saturated rings. The van der Waals surface area contributed by atoms with E-state index < -0.39 is 29.8 Å². The first kappa shape index (κ1) is 19.4. The number of anilines is 2. The summed E-state index contributed by atoms with van der Waals surface area (Å²) in [7, 11) is 0. The SMILES string of the molecule is Cc1ccc(Cl)cc1NC(=O)CN1N=N[C@H]2C(=O)N(c3ccc(Cl)cc3)C(=O)[C@H]21. The van der Waals surface area contributed by atoms with Crippen molar-refractivity contribution < 1.29 is 14.4 Å². The van der Waals surface area contributed by atoms with Gasteiger partial charge in [0.25, 0.3) is 11.8 Å². The largest absolute Gasteiger partial charge is 0.324 e. The number of nitrogens with zero attached hydrogens (tertiary/aromatic N) is 4. The number of benzene rings is 2. The summed E-state index contributed by atoms with van der Waals surface area (Å²) in [6.07, 6.45) is 0. The molecule has 0 bridgehead atoms. The lowest BCUT2D eigenvalue weighted by Crippen LogP contribution is -2.43. The Morgan fingerprint density at radius 1 is 1.07 bits per heavy atom. The maximum absolute atomic E-state index is 12.9. The van der Waals surface area contributed by atoms with Crippen molar-refractivity contribution in [2.75, 3.05) is 16.8 Å². The minimum absolute atomic E-state index is 0.232. The number of nitrogens with one attached hydrogen (secondary N) is 1. The van der Waals surface area contributed by atoms with Gasteiger partial charge in [0.05, 0.1) is 5.69 Å². The van der Waals surface area contributed by atoms with E-state index in [1.807, 2.05) is 6.92 Å². The molecule has 148 valence electrons. The third-order valence-electron chi connectivity index (χ3n) is 4.72. The fourth-order valence-corrected chi connectivity index (χ4v) is 3.56. The average molecular weight is 432 g/mol. The topological polar surface area (TPSA) is 94.4 Å². The number of carbonyl (C=O) groups excluding carboxylic acids is 3. The lowest BCUT2D eigenvalue weighted by Gasteiger charge is -2.20. The van der Waals surface area contributed by atoms with Gasteiger partial charge in [-0.25, -0.2) is 4.90 Å². The van der Waals surface area contributed by atoms with Crippen LogP contribution in [0.5, 0.6) is 0 Å². The maximum Gasteiger partial charge on any atom is 0.263 e. The molecular weight excluding hydrogens is 417 g/mol. The smallest absolute Gasteiger partial charge is 0.263 e. The van der Waals surface area contributed by atoms with E-state index in [4.69, 9.17) is 23.2 Å². The van der Waals surface area contributed by atoms with Gasteiger partial charge in [0, 0.05) is 15.7 Å². The fraction of sp³-hybridized carbons (Fsp3) is 0.211. The predicted octanol–water partition coefficient (Wildman–Crippen LogP) is 3.23. The molecule has 0 aromatic heterocycles. The van der Waals surface area contributed by atoms with Gasteiger partial charge in [-0.05, 0) is 48.9 Å². The summed E-state index contributed by atoms with van der Waals surface area (Å²) in [5, 5.41) is 12.7. The third kappa shape index (κ3) is 3.56. The summed E-state index contributed by atoms with van der Waals surface area (Å²) in [6, 6.07) is 9.55. The molecule has 2 aromatic carbocycles. The number of amides is 3. The van der Waals surface area contributed by atoms with Crippen LogP contribution in [0.4, 0.5) is 11.4 Å². The molecule has 2 heterocycles. The van der Waals surface area contributed by atoms with Crippen LogP contribution in [0.1, 0.15) is 5.56 Å². The van der Waals surface area contributed by atoms with E-state index in [-0.39, 0.29) is 6.54 Å². The van der Waals surface area contributed by atoms with Crippen LogP contribution in [0.3, 0.4) is 0 Å². The van der Waals surface area contributed by atoms with E-state index in [0.29, 0.717) is 21.4 Å². The number of halogens is 2. The average Bonchev–Trinajstić information content (AvgIpc) is 3.19. The van der Waals surface area contributed by atoms with Crippen molar-refractivity contribution >= 4 is 52.3 Å². The van der Waals surface area contributed by atoms with E-state index in [9.17, 15) is 14.4 Å². The van der Waals surface area contributed by atoms with Gasteiger partial charge in [-0.15, -0.1) is 0 Å². The van der Waals surface area contributed by atoms with Crippen molar-refractivity contribution in [1.82, 2.24) is 5.01 Å². The molecule has 4 rings (SSSR count). The van der Waals surface area contributed by atoms with Crippen LogP contribution < -0.4 is 10.2 Å². The Morgan fingerprint density at radius 2 is 1.76 bits per heavy atom. The Morgan fingerprint density at radius 3 is 2.48 bits per heavy atom. The van der Waals surface area contributed by atoms with E-state index in [0.717, 1.165) is 10.5 Å². The summed E-state index contributed by atoms with van der Waals surface area (Å²) in [6.45, 7) is 1.60. The number of hydrogen-bond acceptors (Lipinski definition) is 6. The summed E-state index contributed by atoms with van der Waals surface area (Å²) < 4.78 is 0. The molecule has 0 unspecified atom stereocenters. The summed E-state index contributed by atoms with van der Waals surface area (Å²) in [5.41, 5.74) is 1.80. The van der Waals surface area contributed by atoms with Gasteiger partial charge in [-0.2, -0.15) is 5.11 Å². The van der Waals surface area contributed by atoms with Gasteiger partial charge >= 0.3 is 0 Å². The number of imide groups is 1. The number of carbonyl (C=O) groups is 3. The molecule has 1 N–H and O–H groups in total. The highest BCUT2D eigenvalue weighted by Crippen LogP contribution is 2.32.